The first-order valence-electron chi connectivity index (χ1n) is 12.0. The van der Waals surface area contributed by atoms with Crippen LogP contribution in [0, 0.1) is 5.82 Å². The van der Waals surface area contributed by atoms with Crippen LogP contribution in [0.4, 0.5) is 4.39 Å². The van der Waals surface area contributed by atoms with Crippen LogP contribution >= 0.6 is 0 Å². The lowest BCUT2D eigenvalue weighted by Gasteiger charge is -2.12. The highest BCUT2D eigenvalue weighted by molar-refractivity contribution is 6.00. The first kappa shape index (κ1) is 23.4. The highest BCUT2D eigenvalue weighted by Crippen LogP contribution is 2.37. The largest absolute Gasteiger partial charge is 0.493 e. The fraction of sp³-hybridized carbons (Fsp3) is 0.167. The van der Waals surface area contributed by atoms with E-state index in [9.17, 15) is 9.18 Å². The minimum absolute atomic E-state index is 0.166. The number of ether oxygens (including phenoxy) is 1. The number of fused-ring (bicyclic) bond motifs is 2. The Hall–Kier alpha value is -4.32. The van der Waals surface area contributed by atoms with Gasteiger partial charge in [-0.3, -0.25) is 4.79 Å². The number of hydrogen-bond donors (Lipinski definition) is 2. The predicted octanol–water partition coefficient (Wildman–Crippen LogP) is 6.88. The molecule has 2 aromatic heterocycles. The summed E-state index contributed by atoms with van der Waals surface area (Å²) in [6, 6.07) is 18.2. The molecule has 0 aliphatic heterocycles. The van der Waals surface area contributed by atoms with Crippen molar-refractivity contribution in [3.8, 4) is 16.9 Å². The van der Waals surface area contributed by atoms with Crippen LogP contribution in [0.2, 0.25) is 0 Å². The van der Waals surface area contributed by atoms with E-state index in [2.05, 4.69) is 16.4 Å². The summed E-state index contributed by atoms with van der Waals surface area (Å²) in [5.41, 5.74) is 6.21. The second-order valence-corrected chi connectivity index (χ2v) is 8.66. The van der Waals surface area contributed by atoms with Crippen LogP contribution in [-0.4, -0.2) is 24.0 Å². The lowest BCUT2D eigenvalue weighted by atomic mass is 9.99. The van der Waals surface area contributed by atoms with Crippen LogP contribution in [0.25, 0.3) is 38.6 Å². The molecule has 36 heavy (non-hydrogen) atoms. The van der Waals surface area contributed by atoms with Gasteiger partial charge in [0.15, 0.2) is 0 Å². The molecule has 0 aliphatic carbocycles. The summed E-state index contributed by atoms with van der Waals surface area (Å²) < 4.78 is 25.1. The molecule has 2 heterocycles. The quantitative estimate of drug-likeness (QED) is 0.237. The van der Waals surface area contributed by atoms with Crippen LogP contribution in [0.3, 0.4) is 0 Å². The van der Waals surface area contributed by atoms with E-state index >= 15 is 0 Å². The smallest absolute Gasteiger partial charge is 0.244 e. The Morgan fingerprint density at radius 3 is 2.72 bits per heavy atom. The van der Waals surface area contributed by atoms with Gasteiger partial charge in [0, 0.05) is 52.3 Å². The predicted molar refractivity (Wildman–Crippen MR) is 141 cm³/mol. The Bertz CT molecular complexity index is 1560. The van der Waals surface area contributed by atoms with Crippen LogP contribution in [0.15, 0.2) is 83.6 Å². The summed E-state index contributed by atoms with van der Waals surface area (Å²) >= 11 is 0. The van der Waals surface area contributed by atoms with Crippen molar-refractivity contribution in [3.63, 3.8) is 0 Å². The first-order valence-corrected chi connectivity index (χ1v) is 12.0. The Morgan fingerprint density at radius 1 is 1.11 bits per heavy atom. The molecule has 5 rings (SSSR count). The molecule has 6 heteroatoms. The number of aromatic nitrogens is 1. The van der Waals surface area contributed by atoms with Crippen molar-refractivity contribution in [3.05, 3.63) is 96.1 Å². The second-order valence-electron chi connectivity index (χ2n) is 8.66. The number of nitrogens with one attached hydrogen (secondary N) is 2. The number of hydrogen-bond acceptors (Lipinski definition) is 3. The molecule has 0 bridgehead atoms. The third-order valence-corrected chi connectivity index (χ3v) is 6.27. The highest BCUT2D eigenvalue weighted by Gasteiger charge is 2.15. The van der Waals surface area contributed by atoms with Crippen molar-refractivity contribution in [2.45, 2.75) is 20.3 Å². The summed E-state index contributed by atoms with van der Waals surface area (Å²) in [6.45, 7) is 4.81. The normalized spacial score (nSPS) is 11.8. The maximum atomic E-state index is 13.4. The Morgan fingerprint density at radius 2 is 1.92 bits per heavy atom. The van der Waals surface area contributed by atoms with Gasteiger partial charge in [-0.25, -0.2) is 4.39 Å². The SMILES string of the molecule is CCOc1cc2occ(-c3ccc(F)cc3)c2cc1/C(C)=C/C(=O)NCCc1c[nH]c2ccccc12. The third kappa shape index (κ3) is 4.75. The van der Waals surface area contributed by atoms with Crippen LogP contribution in [-0.2, 0) is 11.2 Å². The number of aromatic amines is 1. The van der Waals surface area contributed by atoms with Gasteiger partial charge in [-0.2, -0.15) is 0 Å². The number of furan rings is 1. The molecule has 0 atom stereocenters. The number of benzene rings is 3. The summed E-state index contributed by atoms with van der Waals surface area (Å²) in [5.74, 6) is 0.187. The van der Waals surface area contributed by atoms with Gasteiger partial charge in [0.05, 0.1) is 12.9 Å². The maximum Gasteiger partial charge on any atom is 0.244 e. The van der Waals surface area contributed by atoms with Crippen LogP contribution in [0.5, 0.6) is 5.75 Å². The number of carbonyl (C=O) groups excluding carboxylic acids is 1. The Labute approximate surface area is 208 Å². The highest BCUT2D eigenvalue weighted by atomic mass is 19.1. The standard InChI is InChI=1S/C30H27FN2O3/c1-3-35-28-16-29-25(26(18-36-29)20-8-10-22(31)11-9-20)15-24(28)19(2)14-30(34)32-13-12-21-17-33-27-7-5-4-6-23(21)27/h4-11,14-18,33H,3,12-13H2,1-2H3,(H,32,34)/b19-14+. The fourth-order valence-corrected chi connectivity index (χ4v) is 4.48. The zero-order valence-electron chi connectivity index (χ0n) is 20.2. The summed E-state index contributed by atoms with van der Waals surface area (Å²) in [6.07, 6.45) is 5.98. The molecule has 1 amide bonds. The third-order valence-electron chi connectivity index (χ3n) is 6.27. The van der Waals surface area contributed by atoms with E-state index in [0.717, 1.165) is 39.6 Å². The average molecular weight is 483 g/mol. The first-order chi connectivity index (χ1) is 17.5. The zero-order valence-corrected chi connectivity index (χ0v) is 20.2. The van der Waals surface area contributed by atoms with E-state index in [0.29, 0.717) is 24.5 Å². The lowest BCUT2D eigenvalue weighted by Crippen LogP contribution is -2.23. The van der Waals surface area contributed by atoms with E-state index in [1.165, 1.54) is 23.1 Å². The van der Waals surface area contributed by atoms with Gasteiger partial charge in [-0.05, 0) is 61.2 Å². The van der Waals surface area contributed by atoms with Gasteiger partial charge < -0.3 is 19.5 Å². The number of para-hydroxylation sites is 1. The van der Waals surface area contributed by atoms with E-state index in [4.69, 9.17) is 9.15 Å². The van der Waals surface area contributed by atoms with Gasteiger partial charge in [0.2, 0.25) is 5.91 Å². The minimum Gasteiger partial charge on any atom is -0.493 e. The van der Waals surface area contributed by atoms with Gasteiger partial charge >= 0.3 is 0 Å². The molecular weight excluding hydrogens is 455 g/mol. The summed E-state index contributed by atoms with van der Waals surface area (Å²) in [7, 11) is 0. The zero-order chi connectivity index (χ0) is 25.1. The molecule has 0 fully saturated rings. The minimum atomic E-state index is -0.291. The van der Waals surface area contributed by atoms with Gasteiger partial charge in [-0.15, -0.1) is 0 Å². The number of H-pyrrole nitrogens is 1. The average Bonchev–Trinajstić information content (AvgIpc) is 3.48. The molecule has 0 unspecified atom stereocenters. The van der Waals surface area contributed by atoms with Gasteiger partial charge in [0.25, 0.3) is 0 Å². The topological polar surface area (TPSA) is 67.3 Å². The fourth-order valence-electron chi connectivity index (χ4n) is 4.48. The second kappa shape index (κ2) is 10.1. The molecule has 0 aliphatic rings. The molecular formula is C30H27FN2O3. The number of rotatable bonds is 8. The Kier molecular flexibility index (Phi) is 6.58. The number of halogens is 1. The Balaban J connectivity index is 1.37. The number of carbonyl (C=O) groups is 1. The van der Waals surface area contributed by atoms with E-state index in [1.807, 2.05) is 50.4 Å². The van der Waals surface area contributed by atoms with Crippen molar-refractivity contribution >= 4 is 33.4 Å². The molecule has 0 spiro atoms. The number of amides is 1. The molecule has 5 nitrogen and oxygen atoms in total. The van der Waals surface area contributed by atoms with E-state index < -0.39 is 0 Å². The van der Waals surface area contributed by atoms with Crippen molar-refractivity contribution in [2.75, 3.05) is 13.2 Å². The maximum absolute atomic E-state index is 13.4. The molecule has 182 valence electrons. The molecule has 0 radical (unpaired) electrons. The molecule has 2 N–H and O–H groups in total. The molecule has 3 aromatic carbocycles. The number of allylic oxidation sites excluding steroid dienone is 1. The molecule has 0 saturated heterocycles. The van der Waals surface area contributed by atoms with Crippen molar-refractivity contribution in [1.82, 2.24) is 10.3 Å². The van der Waals surface area contributed by atoms with Crippen LogP contribution < -0.4 is 10.1 Å². The van der Waals surface area contributed by atoms with Gasteiger partial charge in [-0.1, -0.05) is 30.3 Å². The van der Waals surface area contributed by atoms with Crippen LogP contribution in [0.1, 0.15) is 25.0 Å². The van der Waals surface area contributed by atoms with Crippen molar-refractivity contribution < 1.29 is 18.3 Å². The lowest BCUT2D eigenvalue weighted by molar-refractivity contribution is -0.116. The summed E-state index contributed by atoms with van der Waals surface area (Å²) in [5, 5.41) is 5.03. The molecule has 0 saturated carbocycles. The van der Waals surface area contributed by atoms with E-state index in [-0.39, 0.29) is 11.7 Å². The van der Waals surface area contributed by atoms with E-state index in [1.54, 1.807) is 24.5 Å². The van der Waals surface area contributed by atoms with Gasteiger partial charge in [0.1, 0.15) is 17.1 Å². The van der Waals surface area contributed by atoms with Crippen molar-refractivity contribution in [1.29, 1.82) is 0 Å². The summed E-state index contributed by atoms with van der Waals surface area (Å²) in [4.78, 5) is 16.0. The molecule has 5 aromatic rings. The monoisotopic (exact) mass is 482 g/mol. The van der Waals surface area contributed by atoms with Crippen molar-refractivity contribution in [2.24, 2.45) is 0 Å².